The number of fused-ring (bicyclic) bond motifs is 1. The van der Waals surface area contributed by atoms with Crippen LogP contribution in [0.4, 0.5) is 20.4 Å². The fourth-order valence-electron chi connectivity index (χ4n) is 2.47. The Morgan fingerprint density at radius 3 is 2.90 bits per heavy atom. The summed E-state index contributed by atoms with van der Waals surface area (Å²) >= 11 is 1.71. The van der Waals surface area contributed by atoms with Gasteiger partial charge in [-0.3, -0.25) is 0 Å². The predicted molar refractivity (Wildman–Crippen MR) is 75.6 cm³/mol. The molecule has 2 heterocycles. The molecular formula is C13H14F2N4S. The van der Waals surface area contributed by atoms with Crippen LogP contribution in [-0.4, -0.2) is 4.98 Å². The number of nitrogens with two attached hydrogens (primary N) is 1. The average Bonchev–Trinajstić information content (AvgIpc) is 2.91. The van der Waals surface area contributed by atoms with Crippen LogP contribution < -0.4 is 16.6 Å². The fourth-order valence-corrected chi connectivity index (χ4v) is 3.46. The van der Waals surface area contributed by atoms with Crippen molar-refractivity contribution in [2.75, 3.05) is 10.7 Å². The summed E-state index contributed by atoms with van der Waals surface area (Å²) in [6, 6.07) is 2.82. The van der Waals surface area contributed by atoms with Crippen LogP contribution in [0.2, 0.25) is 0 Å². The zero-order chi connectivity index (χ0) is 14.1. The third kappa shape index (κ3) is 2.34. The zero-order valence-corrected chi connectivity index (χ0v) is 11.4. The summed E-state index contributed by atoms with van der Waals surface area (Å²) in [5.74, 6) is 3.48. The summed E-state index contributed by atoms with van der Waals surface area (Å²) in [5, 5.41) is 5.09. The number of hydrazine groups is 1. The number of nitrogens with one attached hydrogen (secondary N) is 2. The number of nitrogen functional groups attached to an aromatic ring is 1. The first-order valence-corrected chi connectivity index (χ1v) is 7.22. The molecule has 0 fully saturated rings. The second kappa shape index (κ2) is 5.34. The van der Waals surface area contributed by atoms with E-state index in [-0.39, 0.29) is 17.7 Å². The monoisotopic (exact) mass is 296 g/mol. The maximum atomic E-state index is 13.8. The Kier molecular flexibility index (Phi) is 3.54. The van der Waals surface area contributed by atoms with Gasteiger partial charge in [-0.25, -0.2) is 19.6 Å². The standard InChI is InChI=1S/C13H14F2N4S/c14-8-6-9(15)13(19-16)18-12(8)17-10-2-1-3-11-7(10)4-5-20-11/h4-6,10H,1-3,16H2,(H2,17,18,19). The SMILES string of the molecule is NNc1nc(NC2CCCc3sccc32)c(F)cc1F. The molecule has 106 valence electrons. The third-order valence-corrected chi connectivity index (χ3v) is 4.43. The number of hydrogen-bond acceptors (Lipinski definition) is 5. The largest absolute Gasteiger partial charge is 0.361 e. The van der Waals surface area contributed by atoms with Gasteiger partial charge in [0.25, 0.3) is 0 Å². The molecule has 20 heavy (non-hydrogen) atoms. The predicted octanol–water partition coefficient (Wildman–Crippen LogP) is 3.20. The van der Waals surface area contributed by atoms with Crippen LogP contribution in [0, 0.1) is 11.6 Å². The van der Waals surface area contributed by atoms with Crippen LogP contribution >= 0.6 is 11.3 Å². The van der Waals surface area contributed by atoms with Gasteiger partial charge in [-0.15, -0.1) is 11.3 Å². The molecule has 1 aliphatic carbocycles. The van der Waals surface area contributed by atoms with E-state index < -0.39 is 11.6 Å². The molecule has 2 aromatic rings. The maximum absolute atomic E-state index is 13.8. The summed E-state index contributed by atoms with van der Waals surface area (Å²) < 4.78 is 27.1. The number of aromatic nitrogens is 1. The van der Waals surface area contributed by atoms with Crippen molar-refractivity contribution in [2.45, 2.75) is 25.3 Å². The van der Waals surface area contributed by atoms with Crippen LogP contribution in [0.15, 0.2) is 17.5 Å². The first kappa shape index (κ1) is 13.3. The van der Waals surface area contributed by atoms with Crippen LogP contribution in [0.3, 0.4) is 0 Å². The van der Waals surface area contributed by atoms with Gasteiger partial charge in [-0.1, -0.05) is 0 Å². The highest BCUT2D eigenvalue weighted by molar-refractivity contribution is 7.10. The minimum absolute atomic E-state index is 0.00286. The maximum Gasteiger partial charge on any atom is 0.178 e. The summed E-state index contributed by atoms with van der Waals surface area (Å²) in [6.45, 7) is 0. The van der Waals surface area contributed by atoms with E-state index in [1.165, 1.54) is 10.4 Å². The molecule has 0 bridgehead atoms. The van der Waals surface area contributed by atoms with Crippen LogP contribution in [-0.2, 0) is 6.42 Å². The Balaban J connectivity index is 1.89. The number of pyridine rings is 1. The van der Waals surface area contributed by atoms with Crippen molar-refractivity contribution >= 4 is 23.0 Å². The van der Waals surface area contributed by atoms with Gasteiger partial charge in [-0.05, 0) is 36.3 Å². The normalized spacial score (nSPS) is 17.6. The molecule has 4 N–H and O–H groups in total. The lowest BCUT2D eigenvalue weighted by atomic mass is 9.94. The third-order valence-electron chi connectivity index (χ3n) is 3.43. The highest BCUT2D eigenvalue weighted by Gasteiger charge is 2.23. The number of aryl methyl sites for hydroxylation is 1. The average molecular weight is 296 g/mol. The van der Waals surface area contributed by atoms with Gasteiger partial charge in [-0.2, -0.15) is 0 Å². The number of thiophene rings is 1. The molecule has 1 atom stereocenters. The molecule has 0 spiro atoms. The van der Waals surface area contributed by atoms with E-state index in [0.29, 0.717) is 0 Å². The van der Waals surface area contributed by atoms with Gasteiger partial charge < -0.3 is 10.7 Å². The highest BCUT2D eigenvalue weighted by atomic mass is 32.1. The highest BCUT2D eigenvalue weighted by Crippen LogP contribution is 2.35. The number of rotatable bonds is 3. The second-order valence-electron chi connectivity index (χ2n) is 4.68. The number of nitrogens with zero attached hydrogens (tertiary/aromatic N) is 1. The molecule has 0 aliphatic heterocycles. The van der Waals surface area contributed by atoms with Crippen molar-refractivity contribution in [1.82, 2.24) is 4.98 Å². The summed E-state index contributed by atoms with van der Waals surface area (Å²) in [6.07, 6.45) is 2.99. The Hall–Kier alpha value is -1.73. The van der Waals surface area contributed by atoms with Gasteiger partial charge >= 0.3 is 0 Å². The van der Waals surface area contributed by atoms with Gasteiger partial charge in [0.2, 0.25) is 0 Å². The molecule has 0 saturated carbocycles. The van der Waals surface area contributed by atoms with Gasteiger partial charge in [0.1, 0.15) is 0 Å². The van der Waals surface area contributed by atoms with Gasteiger partial charge in [0.15, 0.2) is 23.3 Å². The van der Waals surface area contributed by atoms with E-state index in [1.807, 2.05) is 11.4 Å². The molecule has 0 aromatic carbocycles. The molecule has 1 aliphatic rings. The van der Waals surface area contributed by atoms with Crippen molar-refractivity contribution < 1.29 is 8.78 Å². The fraction of sp³-hybridized carbons (Fsp3) is 0.308. The molecule has 1 unspecified atom stereocenters. The molecule has 0 saturated heterocycles. The number of anilines is 2. The number of hydrogen-bond donors (Lipinski definition) is 3. The molecular weight excluding hydrogens is 282 g/mol. The number of halogens is 2. The molecule has 0 radical (unpaired) electrons. The van der Waals surface area contributed by atoms with Crippen molar-refractivity contribution in [2.24, 2.45) is 5.84 Å². The molecule has 3 rings (SSSR count). The van der Waals surface area contributed by atoms with Crippen molar-refractivity contribution in [1.29, 1.82) is 0 Å². The van der Waals surface area contributed by atoms with E-state index in [9.17, 15) is 8.78 Å². The van der Waals surface area contributed by atoms with Crippen LogP contribution in [0.1, 0.15) is 29.3 Å². The Morgan fingerprint density at radius 2 is 2.10 bits per heavy atom. The van der Waals surface area contributed by atoms with E-state index >= 15 is 0 Å². The quantitative estimate of drug-likeness (QED) is 0.601. The van der Waals surface area contributed by atoms with Crippen LogP contribution in [0.25, 0.3) is 0 Å². The van der Waals surface area contributed by atoms with Crippen LogP contribution in [0.5, 0.6) is 0 Å². The zero-order valence-electron chi connectivity index (χ0n) is 10.6. The topological polar surface area (TPSA) is 63.0 Å². The molecule has 0 amide bonds. The Labute approximate surface area is 119 Å². The minimum atomic E-state index is -0.810. The minimum Gasteiger partial charge on any atom is -0.361 e. The van der Waals surface area contributed by atoms with E-state index in [2.05, 4.69) is 15.7 Å². The van der Waals surface area contributed by atoms with Gasteiger partial charge in [0, 0.05) is 10.9 Å². The van der Waals surface area contributed by atoms with E-state index in [1.54, 1.807) is 11.3 Å². The van der Waals surface area contributed by atoms with E-state index in [4.69, 9.17) is 5.84 Å². The first-order valence-electron chi connectivity index (χ1n) is 6.34. The second-order valence-corrected chi connectivity index (χ2v) is 5.68. The summed E-state index contributed by atoms with van der Waals surface area (Å²) in [5.41, 5.74) is 3.30. The summed E-state index contributed by atoms with van der Waals surface area (Å²) in [7, 11) is 0. The molecule has 4 nitrogen and oxygen atoms in total. The lowest BCUT2D eigenvalue weighted by molar-refractivity contribution is 0.565. The Bertz CT molecular complexity index is 629. The lowest BCUT2D eigenvalue weighted by Crippen LogP contribution is -2.18. The smallest absolute Gasteiger partial charge is 0.178 e. The van der Waals surface area contributed by atoms with Crippen molar-refractivity contribution in [3.63, 3.8) is 0 Å². The first-order chi connectivity index (χ1) is 9.69. The van der Waals surface area contributed by atoms with E-state index in [0.717, 1.165) is 25.3 Å². The van der Waals surface area contributed by atoms with Gasteiger partial charge in [0.05, 0.1) is 6.04 Å². The molecule has 2 aromatic heterocycles. The van der Waals surface area contributed by atoms with Crippen molar-refractivity contribution in [3.8, 4) is 0 Å². The molecule has 7 heteroatoms. The Morgan fingerprint density at radius 1 is 1.30 bits per heavy atom. The summed E-state index contributed by atoms with van der Waals surface area (Å²) in [4.78, 5) is 5.16. The lowest BCUT2D eigenvalue weighted by Gasteiger charge is -2.24. The van der Waals surface area contributed by atoms with Crippen molar-refractivity contribution in [3.05, 3.63) is 39.6 Å².